The van der Waals surface area contributed by atoms with Gasteiger partial charge in [0.2, 0.25) is 0 Å². The van der Waals surface area contributed by atoms with Crippen molar-refractivity contribution in [1.82, 2.24) is 5.32 Å². The van der Waals surface area contributed by atoms with Gasteiger partial charge in [-0.1, -0.05) is 6.07 Å². The molecule has 1 heterocycles. The molecule has 10 heteroatoms. The molecular weight excluding hydrogens is 450 g/mol. The molecule has 0 aromatic heterocycles. The first-order valence-corrected chi connectivity index (χ1v) is 9.44. The van der Waals surface area contributed by atoms with Gasteiger partial charge in [0.15, 0.2) is 0 Å². The first kappa shape index (κ1) is 21.0. The largest absolute Gasteiger partial charge is 0.433 e. The van der Waals surface area contributed by atoms with E-state index in [0.717, 1.165) is 12.1 Å². The van der Waals surface area contributed by atoms with Crippen LogP contribution < -0.4 is 20.7 Å². The number of carbonyl (C=O) groups is 1. The summed E-state index contributed by atoms with van der Waals surface area (Å²) in [6, 6.07) is 10.4. The molecule has 7 nitrogen and oxygen atoms in total. The van der Waals surface area contributed by atoms with Crippen LogP contribution in [0.1, 0.15) is 17.2 Å². The Morgan fingerprint density at radius 3 is 2.72 bits per heavy atom. The quantitative estimate of drug-likeness (QED) is 0.612. The van der Waals surface area contributed by atoms with Gasteiger partial charge in [-0.15, -0.1) is 0 Å². The van der Waals surface area contributed by atoms with Crippen LogP contribution in [0.2, 0.25) is 0 Å². The highest BCUT2D eigenvalue weighted by Gasteiger charge is 2.18. The van der Waals surface area contributed by atoms with Crippen LogP contribution in [0.3, 0.4) is 0 Å². The summed E-state index contributed by atoms with van der Waals surface area (Å²) < 4.78 is 35.9. The zero-order valence-electron chi connectivity index (χ0n) is 15.0. The molecule has 1 fully saturated rings. The number of alkyl halides is 2. The van der Waals surface area contributed by atoms with E-state index in [4.69, 9.17) is 10.00 Å². The summed E-state index contributed by atoms with van der Waals surface area (Å²) in [4.78, 5) is 12.4. The summed E-state index contributed by atoms with van der Waals surface area (Å²) in [6.45, 7) is -0.941. The number of amides is 2. The molecule has 1 unspecified atom stereocenters. The molecule has 0 spiro atoms. The number of rotatable bonds is 5. The van der Waals surface area contributed by atoms with Gasteiger partial charge in [-0.3, -0.25) is 0 Å². The van der Waals surface area contributed by atoms with E-state index in [1.54, 1.807) is 6.07 Å². The summed E-state index contributed by atoms with van der Waals surface area (Å²) in [6.07, 6.45) is -0.0781. The maximum atomic E-state index is 12.6. The third-order valence-corrected chi connectivity index (χ3v) is 4.77. The second kappa shape index (κ2) is 9.65. The molecule has 0 radical (unpaired) electrons. The lowest BCUT2D eigenvalue weighted by molar-refractivity contribution is -0.0493. The second-order valence-corrected chi connectivity index (χ2v) is 6.94. The van der Waals surface area contributed by atoms with Gasteiger partial charge in [0.05, 0.1) is 35.7 Å². The highest BCUT2D eigenvalue weighted by atomic mass is 79.9. The summed E-state index contributed by atoms with van der Waals surface area (Å²) >= 11 is 3.41. The second-order valence-electron chi connectivity index (χ2n) is 6.08. The number of morpholine rings is 1. The molecule has 1 aliphatic heterocycles. The fourth-order valence-electron chi connectivity index (χ4n) is 2.78. The van der Waals surface area contributed by atoms with Crippen molar-refractivity contribution < 1.29 is 23.0 Å². The molecule has 0 saturated carbocycles. The Morgan fingerprint density at radius 2 is 2.07 bits per heavy atom. The van der Waals surface area contributed by atoms with Gasteiger partial charge in [0.1, 0.15) is 5.75 Å². The third-order valence-electron chi connectivity index (χ3n) is 4.11. The fraction of sp³-hybridized carbons (Fsp3) is 0.263. The number of nitrogens with zero attached hydrogens (tertiary/aromatic N) is 1. The standard InChI is InChI=1S/C19H17BrF2N4O3/c20-13-8-12(17-10-24-5-6-28-17)2-3-14(13)25-19(27)26-15-7-11(9-23)1-4-16(15)29-18(21)22/h1-4,7-8,17-18,24H,5-6,10H2,(H2,25,26,27). The van der Waals surface area contributed by atoms with E-state index in [-0.39, 0.29) is 23.1 Å². The number of carbonyl (C=O) groups excluding carboxylic acids is 1. The van der Waals surface area contributed by atoms with Gasteiger partial charge in [0, 0.05) is 17.6 Å². The summed E-state index contributed by atoms with van der Waals surface area (Å²) in [5, 5.41) is 17.3. The zero-order valence-corrected chi connectivity index (χ0v) is 16.6. The van der Waals surface area contributed by atoms with E-state index in [9.17, 15) is 13.6 Å². The SMILES string of the molecule is N#Cc1ccc(OC(F)F)c(NC(=O)Nc2ccc(C3CNCCO3)cc2Br)c1. The van der Waals surface area contributed by atoms with Gasteiger partial charge in [-0.2, -0.15) is 14.0 Å². The minimum absolute atomic E-state index is 0.0451. The lowest BCUT2D eigenvalue weighted by Crippen LogP contribution is -2.33. The molecular formula is C19H17BrF2N4O3. The smallest absolute Gasteiger partial charge is 0.387 e. The molecule has 3 rings (SSSR count). The molecule has 152 valence electrons. The normalized spacial score (nSPS) is 16.2. The Labute approximate surface area is 174 Å². The number of benzene rings is 2. The van der Waals surface area contributed by atoms with E-state index < -0.39 is 12.6 Å². The number of ether oxygens (including phenoxy) is 2. The van der Waals surface area contributed by atoms with Crippen LogP contribution in [0.5, 0.6) is 5.75 Å². The average molecular weight is 467 g/mol. The van der Waals surface area contributed by atoms with Gasteiger partial charge in [-0.05, 0) is 51.8 Å². The summed E-state index contributed by atoms with van der Waals surface area (Å²) in [7, 11) is 0. The van der Waals surface area contributed by atoms with Crippen molar-refractivity contribution in [3.8, 4) is 11.8 Å². The van der Waals surface area contributed by atoms with Gasteiger partial charge < -0.3 is 25.4 Å². The first-order chi connectivity index (χ1) is 14.0. The van der Waals surface area contributed by atoms with E-state index in [1.807, 2.05) is 18.2 Å². The maximum absolute atomic E-state index is 12.6. The van der Waals surface area contributed by atoms with Crippen LogP contribution in [0, 0.1) is 11.3 Å². The van der Waals surface area contributed by atoms with Gasteiger partial charge >= 0.3 is 12.6 Å². The Kier molecular flexibility index (Phi) is 6.98. The molecule has 0 aliphatic carbocycles. The van der Waals surface area contributed by atoms with E-state index in [0.29, 0.717) is 23.3 Å². The molecule has 29 heavy (non-hydrogen) atoms. The van der Waals surface area contributed by atoms with E-state index in [1.165, 1.54) is 18.2 Å². The number of anilines is 2. The molecule has 2 aromatic rings. The molecule has 1 atom stereocenters. The maximum Gasteiger partial charge on any atom is 0.387 e. The van der Waals surface area contributed by atoms with Crippen molar-refractivity contribution in [3.63, 3.8) is 0 Å². The Hall–Kier alpha value is -2.74. The summed E-state index contributed by atoms with van der Waals surface area (Å²) in [5.74, 6) is -0.245. The molecule has 1 aliphatic rings. The van der Waals surface area contributed by atoms with Crippen LogP contribution >= 0.6 is 15.9 Å². The molecule has 3 N–H and O–H groups in total. The van der Waals surface area contributed by atoms with Crippen LogP contribution in [0.15, 0.2) is 40.9 Å². The van der Waals surface area contributed by atoms with Crippen molar-refractivity contribution in [2.75, 3.05) is 30.3 Å². The van der Waals surface area contributed by atoms with Crippen LogP contribution in [-0.4, -0.2) is 32.3 Å². The predicted octanol–water partition coefficient (Wildman–Crippen LogP) is 4.23. The van der Waals surface area contributed by atoms with Gasteiger partial charge in [-0.25, -0.2) is 4.79 Å². The lowest BCUT2D eigenvalue weighted by atomic mass is 10.1. The number of nitriles is 1. The number of hydrogen-bond donors (Lipinski definition) is 3. The van der Waals surface area contributed by atoms with Crippen molar-refractivity contribution in [2.24, 2.45) is 0 Å². The average Bonchev–Trinajstić information content (AvgIpc) is 2.71. The Balaban J connectivity index is 1.71. The van der Waals surface area contributed by atoms with Crippen LogP contribution in [-0.2, 0) is 4.74 Å². The van der Waals surface area contributed by atoms with Crippen molar-refractivity contribution in [2.45, 2.75) is 12.7 Å². The summed E-state index contributed by atoms with van der Waals surface area (Å²) in [5.41, 5.74) is 1.57. The third kappa shape index (κ3) is 5.63. The number of halogens is 3. The van der Waals surface area contributed by atoms with Crippen LogP contribution in [0.25, 0.3) is 0 Å². The monoisotopic (exact) mass is 466 g/mol. The Morgan fingerprint density at radius 1 is 1.28 bits per heavy atom. The fourth-order valence-corrected chi connectivity index (χ4v) is 3.28. The molecule has 2 amide bonds. The number of hydrogen-bond acceptors (Lipinski definition) is 5. The van der Waals surface area contributed by atoms with Crippen molar-refractivity contribution in [1.29, 1.82) is 5.26 Å². The molecule has 0 bridgehead atoms. The highest BCUT2D eigenvalue weighted by Crippen LogP contribution is 2.30. The van der Waals surface area contributed by atoms with E-state index >= 15 is 0 Å². The zero-order chi connectivity index (χ0) is 20.8. The van der Waals surface area contributed by atoms with Crippen LogP contribution in [0.4, 0.5) is 25.0 Å². The number of urea groups is 1. The molecule has 1 saturated heterocycles. The highest BCUT2D eigenvalue weighted by molar-refractivity contribution is 9.10. The number of nitrogens with one attached hydrogen (secondary N) is 3. The topological polar surface area (TPSA) is 95.4 Å². The lowest BCUT2D eigenvalue weighted by Gasteiger charge is -2.24. The molecule has 2 aromatic carbocycles. The minimum atomic E-state index is -3.07. The minimum Gasteiger partial charge on any atom is -0.433 e. The first-order valence-electron chi connectivity index (χ1n) is 8.65. The predicted molar refractivity (Wildman–Crippen MR) is 106 cm³/mol. The Bertz CT molecular complexity index is 930. The van der Waals surface area contributed by atoms with Crippen molar-refractivity contribution >= 4 is 33.3 Å². The van der Waals surface area contributed by atoms with Crippen molar-refractivity contribution in [3.05, 3.63) is 52.0 Å². The van der Waals surface area contributed by atoms with E-state index in [2.05, 4.69) is 36.6 Å². The van der Waals surface area contributed by atoms with Gasteiger partial charge in [0.25, 0.3) is 0 Å².